The van der Waals surface area contributed by atoms with Crippen LogP contribution in [0.1, 0.15) is 37.4 Å². The first kappa shape index (κ1) is 11.0. The normalized spacial score (nSPS) is 19.3. The van der Waals surface area contributed by atoms with Crippen molar-refractivity contribution < 1.29 is 4.74 Å². The highest BCUT2D eigenvalue weighted by Crippen LogP contribution is 2.38. The van der Waals surface area contributed by atoms with E-state index in [0.717, 1.165) is 0 Å². The SMILES string of the molecule is ClCO[C@H](c1ccccc1)C1CCCC1. The Balaban J connectivity index is 2.11. The molecule has 0 amide bonds. The number of halogens is 1. The van der Waals surface area contributed by atoms with E-state index in [0.29, 0.717) is 5.92 Å². The van der Waals surface area contributed by atoms with Gasteiger partial charge >= 0.3 is 0 Å². The first-order valence-electron chi connectivity index (χ1n) is 5.64. The fourth-order valence-corrected chi connectivity index (χ4v) is 2.61. The Kier molecular flexibility index (Phi) is 4.04. The van der Waals surface area contributed by atoms with Gasteiger partial charge in [-0.15, -0.1) is 0 Å². The third-order valence-electron chi connectivity index (χ3n) is 3.20. The molecule has 2 rings (SSSR count). The minimum atomic E-state index is 0.200. The minimum Gasteiger partial charge on any atom is -0.358 e. The molecule has 0 heterocycles. The Labute approximate surface area is 96.4 Å². The lowest BCUT2D eigenvalue weighted by Crippen LogP contribution is -2.13. The summed E-state index contributed by atoms with van der Waals surface area (Å²) in [5, 5.41) is 0. The molecular formula is C13H17ClO. The van der Waals surface area contributed by atoms with E-state index in [2.05, 4.69) is 24.3 Å². The van der Waals surface area contributed by atoms with Crippen LogP contribution in [0.5, 0.6) is 0 Å². The lowest BCUT2D eigenvalue weighted by Gasteiger charge is -2.23. The van der Waals surface area contributed by atoms with Gasteiger partial charge in [0, 0.05) is 0 Å². The van der Waals surface area contributed by atoms with E-state index in [9.17, 15) is 0 Å². The summed E-state index contributed by atoms with van der Waals surface area (Å²) in [6.45, 7) is 0. The summed E-state index contributed by atoms with van der Waals surface area (Å²) in [6, 6.07) is 10.7. The van der Waals surface area contributed by atoms with Crippen LogP contribution in [0.25, 0.3) is 0 Å². The maximum Gasteiger partial charge on any atom is 0.121 e. The molecule has 1 nitrogen and oxygen atoms in total. The summed E-state index contributed by atoms with van der Waals surface area (Å²) in [5.41, 5.74) is 1.27. The maximum atomic E-state index is 5.70. The topological polar surface area (TPSA) is 9.23 Å². The highest BCUT2D eigenvalue weighted by Gasteiger charge is 2.26. The average Bonchev–Trinajstić information content (AvgIpc) is 2.80. The molecule has 0 aromatic heterocycles. The van der Waals surface area contributed by atoms with Gasteiger partial charge in [-0.1, -0.05) is 54.8 Å². The first-order valence-corrected chi connectivity index (χ1v) is 6.18. The van der Waals surface area contributed by atoms with E-state index in [1.807, 2.05) is 6.07 Å². The fourth-order valence-electron chi connectivity index (χ4n) is 2.48. The predicted octanol–water partition coefficient (Wildman–Crippen LogP) is 4.13. The Morgan fingerprint density at radius 3 is 2.47 bits per heavy atom. The lowest BCUT2D eigenvalue weighted by atomic mass is 9.94. The van der Waals surface area contributed by atoms with Crippen LogP contribution in [0, 0.1) is 5.92 Å². The van der Waals surface area contributed by atoms with Crippen LogP contribution < -0.4 is 0 Å². The zero-order chi connectivity index (χ0) is 10.5. The van der Waals surface area contributed by atoms with Gasteiger partial charge in [0.15, 0.2) is 0 Å². The smallest absolute Gasteiger partial charge is 0.121 e. The van der Waals surface area contributed by atoms with Crippen molar-refractivity contribution in [2.75, 3.05) is 6.07 Å². The molecule has 1 fully saturated rings. The standard InChI is InChI=1S/C13H17ClO/c14-10-15-13(12-8-4-5-9-12)11-6-2-1-3-7-11/h1-3,6-7,12-13H,4-5,8-10H2/t13-/m1/s1. The van der Waals surface area contributed by atoms with Gasteiger partial charge in [0.2, 0.25) is 0 Å². The van der Waals surface area contributed by atoms with Gasteiger partial charge in [-0.3, -0.25) is 0 Å². The van der Waals surface area contributed by atoms with Gasteiger partial charge in [-0.2, -0.15) is 0 Å². The van der Waals surface area contributed by atoms with E-state index in [1.165, 1.54) is 31.2 Å². The number of hydrogen-bond donors (Lipinski definition) is 0. The molecule has 2 heteroatoms. The van der Waals surface area contributed by atoms with Gasteiger partial charge in [-0.25, -0.2) is 0 Å². The van der Waals surface area contributed by atoms with E-state index in [4.69, 9.17) is 16.3 Å². The van der Waals surface area contributed by atoms with Crippen molar-refractivity contribution in [3.63, 3.8) is 0 Å². The van der Waals surface area contributed by atoms with Crippen molar-refractivity contribution in [1.29, 1.82) is 0 Å². The molecule has 0 saturated heterocycles. The zero-order valence-corrected chi connectivity index (χ0v) is 9.62. The Bertz CT molecular complexity index is 280. The molecule has 15 heavy (non-hydrogen) atoms. The van der Waals surface area contributed by atoms with Crippen LogP contribution in [-0.4, -0.2) is 6.07 Å². The van der Waals surface area contributed by atoms with Crippen molar-refractivity contribution in [1.82, 2.24) is 0 Å². The molecule has 0 bridgehead atoms. The summed E-state index contributed by atoms with van der Waals surface area (Å²) in [4.78, 5) is 0. The van der Waals surface area contributed by atoms with Crippen molar-refractivity contribution in [3.8, 4) is 0 Å². The quantitative estimate of drug-likeness (QED) is 0.699. The number of hydrogen-bond acceptors (Lipinski definition) is 1. The maximum absolute atomic E-state index is 5.70. The largest absolute Gasteiger partial charge is 0.358 e. The van der Waals surface area contributed by atoms with Gasteiger partial charge < -0.3 is 4.74 Å². The van der Waals surface area contributed by atoms with Crippen molar-refractivity contribution in [2.45, 2.75) is 31.8 Å². The molecule has 0 spiro atoms. The van der Waals surface area contributed by atoms with Crippen LogP contribution in [0.3, 0.4) is 0 Å². The third kappa shape index (κ3) is 2.73. The molecule has 82 valence electrons. The summed E-state index contributed by atoms with van der Waals surface area (Å²) in [6.07, 6.45) is 5.41. The number of ether oxygens (including phenoxy) is 1. The van der Waals surface area contributed by atoms with E-state index in [1.54, 1.807) is 0 Å². The molecule has 1 saturated carbocycles. The van der Waals surface area contributed by atoms with Crippen LogP contribution in [0.15, 0.2) is 30.3 Å². The molecule has 0 N–H and O–H groups in total. The van der Waals surface area contributed by atoms with Crippen LogP contribution in [-0.2, 0) is 4.74 Å². The number of rotatable bonds is 4. The van der Waals surface area contributed by atoms with Gasteiger partial charge in [0.25, 0.3) is 0 Å². The molecular weight excluding hydrogens is 208 g/mol. The van der Waals surface area contributed by atoms with E-state index >= 15 is 0 Å². The summed E-state index contributed by atoms with van der Waals surface area (Å²) >= 11 is 5.70. The number of alkyl halides is 1. The highest BCUT2D eigenvalue weighted by atomic mass is 35.5. The van der Waals surface area contributed by atoms with Crippen LogP contribution >= 0.6 is 11.6 Å². The Morgan fingerprint density at radius 2 is 1.87 bits per heavy atom. The van der Waals surface area contributed by atoms with Crippen molar-refractivity contribution in [3.05, 3.63) is 35.9 Å². The monoisotopic (exact) mass is 224 g/mol. The zero-order valence-electron chi connectivity index (χ0n) is 8.86. The average molecular weight is 225 g/mol. The first-order chi connectivity index (χ1) is 7.42. The van der Waals surface area contributed by atoms with Gasteiger partial charge in [-0.05, 0) is 24.3 Å². The molecule has 0 aliphatic heterocycles. The highest BCUT2D eigenvalue weighted by molar-refractivity contribution is 6.17. The Morgan fingerprint density at radius 1 is 1.20 bits per heavy atom. The fraction of sp³-hybridized carbons (Fsp3) is 0.538. The van der Waals surface area contributed by atoms with E-state index < -0.39 is 0 Å². The third-order valence-corrected chi connectivity index (χ3v) is 3.32. The molecule has 0 radical (unpaired) electrons. The summed E-state index contributed by atoms with van der Waals surface area (Å²) < 4.78 is 5.68. The molecule has 0 unspecified atom stereocenters. The number of benzene rings is 1. The predicted molar refractivity (Wildman–Crippen MR) is 62.9 cm³/mol. The second kappa shape index (κ2) is 5.53. The lowest BCUT2D eigenvalue weighted by molar-refractivity contribution is 0.0406. The summed E-state index contributed by atoms with van der Waals surface area (Å²) in [5.74, 6) is 0.658. The summed E-state index contributed by atoms with van der Waals surface area (Å²) in [7, 11) is 0. The van der Waals surface area contributed by atoms with E-state index in [-0.39, 0.29) is 12.2 Å². The molecule has 1 aromatic rings. The molecule has 1 aromatic carbocycles. The van der Waals surface area contributed by atoms with Gasteiger partial charge in [0.05, 0.1) is 6.10 Å². The Hall–Kier alpha value is -0.530. The minimum absolute atomic E-state index is 0.200. The van der Waals surface area contributed by atoms with Crippen LogP contribution in [0.4, 0.5) is 0 Å². The van der Waals surface area contributed by atoms with Crippen LogP contribution in [0.2, 0.25) is 0 Å². The molecule has 1 atom stereocenters. The van der Waals surface area contributed by atoms with Gasteiger partial charge in [0.1, 0.15) is 6.07 Å². The second-order valence-electron chi connectivity index (χ2n) is 4.15. The second-order valence-corrected chi connectivity index (χ2v) is 4.37. The molecule has 1 aliphatic carbocycles. The van der Waals surface area contributed by atoms with Crippen molar-refractivity contribution >= 4 is 11.6 Å². The van der Waals surface area contributed by atoms with Crippen molar-refractivity contribution in [2.24, 2.45) is 5.92 Å². The molecule has 1 aliphatic rings.